The maximum atomic E-state index is 12.3. The first-order valence-corrected chi connectivity index (χ1v) is 6.63. The number of carbonyl (C=O) groups is 1. The molecule has 0 spiro atoms. The molecule has 3 heteroatoms. The highest BCUT2D eigenvalue weighted by Gasteiger charge is 2.10. The number of fused-ring (bicyclic) bond motifs is 1. The minimum absolute atomic E-state index is 0.182. The molecule has 1 amide bonds. The average Bonchev–Trinajstić information content (AvgIpc) is 2.90. The summed E-state index contributed by atoms with van der Waals surface area (Å²) in [5, 5.41) is 3.87. The predicted octanol–water partition coefficient (Wildman–Crippen LogP) is 3.71. The largest absolute Gasteiger partial charge is 0.351 e. The number of amides is 1. The first kappa shape index (κ1) is 13.0. The monoisotopic (exact) mass is 274 g/mol. The molecule has 102 valence electrons. The first-order valence-electron chi connectivity index (χ1n) is 6.63. The van der Waals surface area contributed by atoms with Gasteiger partial charge < -0.3 is 10.3 Å². The van der Waals surface area contributed by atoms with Crippen LogP contribution in [-0.2, 0) is 0 Å². The lowest BCUT2D eigenvalue weighted by molar-refractivity contribution is 0.102. The molecule has 0 saturated carbocycles. The minimum atomic E-state index is -0.182. The smallest absolute Gasteiger partial charge is 0.272 e. The molecule has 3 aromatic rings. The summed E-state index contributed by atoms with van der Waals surface area (Å²) in [5.41, 5.74) is 4.06. The first-order chi connectivity index (χ1) is 10.2. The Bertz CT molecular complexity index is 868. The Labute approximate surface area is 123 Å². The number of aromatic amines is 1. The van der Waals surface area contributed by atoms with Crippen LogP contribution in [0.4, 0.5) is 5.69 Å². The number of anilines is 1. The molecule has 0 aliphatic rings. The summed E-state index contributed by atoms with van der Waals surface area (Å²) in [7, 11) is 0. The van der Waals surface area contributed by atoms with Gasteiger partial charge in [-0.3, -0.25) is 4.79 Å². The van der Waals surface area contributed by atoms with E-state index in [1.165, 1.54) is 0 Å². The number of nitrogens with one attached hydrogen (secondary N) is 2. The van der Waals surface area contributed by atoms with Crippen LogP contribution in [0, 0.1) is 19.3 Å². The van der Waals surface area contributed by atoms with Gasteiger partial charge in [-0.05, 0) is 43.3 Å². The van der Waals surface area contributed by atoms with Crippen LogP contribution < -0.4 is 5.32 Å². The summed E-state index contributed by atoms with van der Waals surface area (Å²) < 4.78 is 0. The number of hydrogen-bond acceptors (Lipinski definition) is 1. The summed E-state index contributed by atoms with van der Waals surface area (Å²) >= 11 is 0. The van der Waals surface area contributed by atoms with E-state index in [4.69, 9.17) is 6.42 Å². The molecule has 0 unspecified atom stereocenters. The SMILES string of the molecule is C#Cc1cccc(NC(=O)c2cc3cc(C)ccc3[nH]2)c1. The lowest BCUT2D eigenvalue weighted by atomic mass is 10.2. The summed E-state index contributed by atoms with van der Waals surface area (Å²) in [6.07, 6.45) is 5.36. The Morgan fingerprint density at radius 3 is 2.86 bits per heavy atom. The number of hydrogen-bond donors (Lipinski definition) is 2. The van der Waals surface area contributed by atoms with Gasteiger partial charge in [0.2, 0.25) is 0 Å². The zero-order chi connectivity index (χ0) is 14.8. The van der Waals surface area contributed by atoms with Crippen LogP contribution in [0.1, 0.15) is 21.6 Å². The number of H-pyrrole nitrogens is 1. The maximum absolute atomic E-state index is 12.3. The van der Waals surface area contributed by atoms with Gasteiger partial charge in [0.25, 0.3) is 5.91 Å². The van der Waals surface area contributed by atoms with Crippen LogP contribution in [-0.4, -0.2) is 10.9 Å². The normalized spacial score (nSPS) is 10.3. The second kappa shape index (κ2) is 5.18. The second-order valence-electron chi connectivity index (χ2n) is 4.95. The van der Waals surface area contributed by atoms with Crippen molar-refractivity contribution < 1.29 is 4.79 Å². The third kappa shape index (κ3) is 2.65. The van der Waals surface area contributed by atoms with Crippen molar-refractivity contribution in [3.8, 4) is 12.3 Å². The Morgan fingerprint density at radius 1 is 1.19 bits per heavy atom. The van der Waals surface area contributed by atoms with E-state index in [1.54, 1.807) is 6.07 Å². The summed E-state index contributed by atoms with van der Waals surface area (Å²) in [5.74, 6) is 2.37. The van der Waals surface area contributed by atoms with E-state index in [0.717, 1.165) is 22.0 Å². The summed E-state index contributed by atoms with van der Waals surface area (Å²) in [4.78, 5) is 15.4. The standard InChI is InChI=1S/C18H14N2O/c1-3-13-5-4-6-15(10-13)19-18(21)17-11-14-9-12(2)7-8-16(14)20-17/h1,4-11,20H,2H3,(H,19,21). The van der Waals surface area contributed by atoms with E-state index in [-0.39, 0.29) is 5.91 Å². The molecule has 0 fully saturated rings. The topological polar surface area (TPSA) is 44.9 Å². The third-order valence-corrected chi connectivity index (χ3v) is 3.31. The van der Waals surface area contributed by atoms with Crippen molar-refractivity contribution in [3.63, 3.8) is 0 Å². The maximum Gasteiger partial charge on any atom is 0.272 e. The van der Waals surface area contributed by atoms with Crippen molar-refractivity contribution >= 4 is 22.5 Å². The fourth-order valence-electron chi connectivity index (χ4n) is 2.26. The molecule has 0 saturated heterocycles. The fraction of sp³-hybridized carbons (Fsp3) is 0.0556. The molecule has 3 rings (SSSR count). The molecule has 0 aliphatic heterocycles. The lowest BCUT2D eigenvalue weighted by Gasteiger charge is -2.03. The zero-order valence-corrected chi connectivity index (χ0v) is 11.6. The summed E-state index contributed by atoms with van der Waals surface area (Å²) in [6.45, 7) is 2.03. The highest BCUT2D eigenvalue weighted by molar-refractivity contribution is 6.06. The van der Waals surface area contributed by atoms with Gasteiger partial charge in [0, 0.05) is 22.2 Å². The van der Waals surface area contributed by atoms with Crippen LogP contribution in [0.15, 0.2) is 48.5 Å². The molecule has 2 N–H and O–H groups in total. The molecular weight excluding hydrogens is 260 g/mol. The highest BCUT2D eigenvalue weighted by Crippen LogP contribution is 2.18. The van der Waals surface area contributed by atoms with Gasteiger partial charge in [0.05, 0.1) is 0 Å². The highest BCUT2D eigenvalue weighted by atomic mass is 16.1. The number of aryl methyl sites for hydroxylation is 1. The Morgan fingerprint density at radius 2 is 2.05 bits per heavy atom. The molecule has 1 aromatic heterocycles. The van der Waals surface area contributed by atoms with E-state index in [2.05, 4.69) is 16.2 Å². The number of benzene rings is 2. The quantitative estimate of drug-likeness (QED) is 0.687. The molecule has 0 atom stereocenters. The van der Waals surface area contributed by atoms with E-state index >= 15 is 0 Å². The van der Waals surface area contributed by atoms with Gasteiger partial charge in [-0.25, -0.2) is 0 Å². The molecule has 21 heavy (non-hydrogen) atoms. The second-order valence-corrected chi connectivity index (χ2v) is 4.95. The van der Waals surface area contributed by atoms with E-state index < -0.39 is 0 Å². The van der Waals surface area contributed by atoms with Crippen molar-refractivity contribution in [2.24, 2.45) is 0 Å². The zero-order valence-electron chi connectivity index (χ0n) is 11.6. The Balaban J connectivity index is 1.88. The number of rotatable bonds is 2. The van der Waals surface area contributed by atoms with E-state index in [9.17, 15) is 4.79 Å². The van der Waals surface area contributed by atoms with Crippen molar-refractivity contribution in [2.75, 3.05) is 5.32 Å². The molecule has 0 aliphatic carbocycles. The average molecular weight is 274 g/mol. The van der Waals surface area contributed by atoms with Gasteiger partial charge in [0.1, 0.15) is 5.69 Å². The van der Waals surface area contributed by atoms with Gasteiger partial charge in [0.15, 0.2) is 0 Å². The van der Waals surface area contributed by atoms with Crippen LogP contribution >= 0.6 is 0 Å². The predicted molar refractivity (Wildman–Crippen MR) is 85.4 cm³/mol. The van der Waals surface area contributed by atoms with Crippen LogP contribution in [0.3, 0.4) is 0 Å². The van der Waals surface area contributed by atoms with Crippen molar-refractivity contribution in [2.45, 2.75) is 6.92 Å². The van der Waals surface area contributed by atoms with Crippen LogP contribution in [0.25, 0.3) is 10.9 Å². The van der Waals surface area contributed by atoms with Gasteiger partial charge in [-0.15, -0.1) is 6.42 Å². The Kier molecular flexibility index (Phi) is 3.21. The molecule has 3 nitrogen and oxygen atoms in total. The van der Waals surface area contributed by atoms with E-state index in [1.807, 2.05) is 49.4 Å². The molecular formula is C18H14N2O. The van der Waals surface area contributed by atoms with Crippen molar-refractivity contribution in [1.82, 2.24) is 4.98 Å². The molecule has 2 aromatic carbocycles. The lowest BCUT2D eigenvalue weighted by Crippen LogP contribution is -2.12. The van der Waals surface area contributed by atoms with E-state index in [0.29, 0.717) is 11.4 Å². The molecule has 0 bridgehead atoms. The summed E-state index contributed by atoms with van der Waals surface area (Å²) in [6, 6.07) is 15.1. The van der Waals surface area contributed by atoms with Crippen LogP contribution in [0.2, 0.25) is 0 Å². The van der Waals surface area contributed by atoms with Crippen molar-refractivity contribution in [1.29, 1.82) is 0 Å². The third-order valence-electron chi connectivity index (χ3n) is 3.31. The van der Waals surface area contributed by atoms with Crippen LogP contribution in [0.5, 0.6) is 0 Å². The van der Waals surface area contributed by atoms with Crippen molar-refractivity contribution in [3.05, 3.63) is 65.4 Å². The number of carbonyl (C=O) groups excluding carboxylic acids is 1. The molecule has 0 radical (unpaired) electrons. The minimum Gasteiger partial charge on any atom is -0.351 e. The van der Waals surface area contributed by atoms with Gasteiger partial charge in [-0.2, -0.15) is 0 Å². The van der Waals surface area contributed by atoms with Gasteiger partial charge in [-0.1, -0.05) is 23.6 Å². The fourth-order valence-corrected chi connectivity index (χ4v) is 2.26. The molecule has 1 heterocycles. The van der Waals surface area contributed by atoms with Gasteiger partial charge >= 0.3 is 0 Å². The number of terminal acetylenes is 1. The number of aromatic nitrogens is 1. The Hall–Kier alpha value is -2.99.